The Morgan fingerprint density at radius 1 is 1.09 bits per heavy atom. The summed E-state index contributed by atoms with van der Waals surface area (Å²) in [7, 11) is 0. The van der Waals surface area contributed by atoms with Gasteiger partial charge in [0.25, 0.3) is 5.91 Å². The number of amides is 1. The van der Waals surface area contributed by atoms with Gasteiger partial charge in [-0.3, -0.25) is 19.0 Å². The fraction of sp³-hybridized carbons (Fsp3) is 0.391. The van der Waals surface area contributed by atoms with Crippen LogP contribution in [-0.2, 0) is 23.8 Å². The first kappa shape index (κ1) is 23.3. The summed E-state index contributed by atoms with van der Waals surface area (Å²) in [6.07, 6.45) is 0.571. The molecule has 4 rings (SSSR count). The van der Waals surface area contributed by atoms with E-state index in [0.717, 1.165) is 0 Å². The highest BCUT2D eigenvalue weighted by molar-refractivity contribution is 6.06. The van der Waals surface area contributed by atoms with E-state index in [2.05, 4.69) is 20.3 Å². The number of carbonyl (C=O) groups excluding carboxylic acids is 3. The summed E-state index contributed by atoms with van der Waals surface area (Å²) in [4.78, 5) is 49.2. The van der Waals surface area contributed by atoms with E-state index < -0.39 is 36.0 Å². The highest BCUT2D eigenvalue weighted by Crippen LogP contribution is 2.43. The Morgan fingerprint density at radius 2 is 1.79 bits per heavy atom. The molecule has 1 aliphatic rings. The molecule has 1 aliphatic heterocycles. The molecule has 1 saturated heterocycles. The van der Waals surface area contributed by atoms with Gasteiger partial charge in [-0.15, -0.1) is 0 Å². The first-order chi connectivity index (χ1) is 16.2. The Kier molecular flexibility index (Phi) is 6.29. The molecule has 0 spiro atoms. The summed E-state index contributed by atoms with van der Waals surface area (Å²) in [6.45, 7) is 6.23. The van der Waals surface area contributed by atoms with Crippen LogP contribution in [0.1, 0.15) is 50.7 Å². The van der Waals surface area contributed by atoms with Crippen molar-refractivity contribution in [3.8, 4) is 0 Å². The predicted molar refractivity (Wildman–Crippen MR) is 120 cm³/mol. The zero-order valence-corrected chi connectivity index (χ0v) is 19.2. The van der Waals surface area contributed by atoms with Gasteiger partial charge in [-0.2, -0.15) is 0 Å². The smallest absolute Gasteiger partial charge is 0.303 e. The van der Waals surface area contributed by atoms with E-state index in [1.54, 1.807) is 35.8 Å². The molecule has 34 heavy (non-hydrogen) atoms. The van der Waals surface area contributed by atoms with Gasteiger partial charge in [-0.05, 0) is 25.5 Å². The van der Waals surface area contributed by atoms with Crippen molar-refractivity contribution >= 4 is 34.8 Å². The highest BCUT2D eigenvalue weighted by atomic mass is 16.6. The standard InChI is InChI=1S/C23H25N5O6/c1-5-23(4)18(33-14(3)30)17(32-13(2)29)22(34-23)28-12-26-16-19(24-11-25-20(16)28)27-21(31)15-9-7-6-8-10-15/h6-12,17-18,22H,5H2,1-4H3,(H,24,25,27,31)/t17-,18?,22+,23+/m0/s1. The molecule has 3 heterocycles. The second-order valence-corrected chi connectivity index (χ2v) is 8.15. The van der Waals surface area contributed by atoms with Crippen molar-refractivity contribution in [2.75, 3.05) is 5.32 Å². The van der Waals surface area contributed by atoms with Gasteiger partial charge in [0.05, 0.1) is 6.33 Å². The van der Waals surface area contributed by atoms with E-state index >= 15 is 0 Å². The molecule has 0 radical (unpaired) electrons. The summed E-state index contributed by atoms with van der Waals surface area (Å²) >= 11 is 0. The van der Waals surface area contributed by atoms with E-state index in [9.17, 15) is 14.4 Å². The zero-order chi connectivity index (χ0) is 24.5. The van der Waals surface area contributed by atoms with Gasteiger partial charge < -0.3 is 19.5 Å². The van der Waals surface area contributed by atoms with E-state index in [-0.39, 0.29) is 11.7 Å². The normalized spacial score (nSPS) is 24.1. The van der Waals surface area contributed by atoms with Crippen LogP contribution in [0.25, 0.3) is 11.2 Å². The van der Waals surface area contributed by atoms with E-state index in [1.807, 2.05) is 13.0 Å². The first-order valence-electron chi connectivity index (χ1n) is 10.8. The first-order valence-corrected chi connectivity index (χ1v) is 10.8. The van der Waals surface area contributed by atoms with Crippen molar-refractivity contribution in [1.29, 1.82) is 0 Å². The van der Waals surface area contributed by atoms with Gasteiger partial charge in [0, 0.05) is 19.4 Å². The molecule has 1 aromatic carbocycles. The quantitative estimate of drug-likeness (QED) is 0.543. The van der Waals surface area contributed by atoms with E-state index in [0.29, 0.717) is 23.1 Å². The molecule has 0 saturated carbocycles. The number of ether oxygens (including phenoxy) is 3. The monoisotopic (exact) mass is 467 g/mol. The van der Waals surface area contributed by atoms with Gasteiger partial charge in [0.15, 0.2) is 35.4 Å². The lowest BCUT2D eigenvalue weighted by molar-refractivity contribution is -0.167. The maximum absolute atomic E-state index is 12.6. The van der Waals surface area contributed by atoms with Crippen molar-refractivity contribution in [3.63, 3.8) is 0 Å². The van der Waals surface area contributed by atoms with Crippen LogP contribution in [0.15, 0.2) is 43.0 Å². The van der Waals surface area contributed by atoms with Crippen LogP contribution in [0.2, 0.25) is 0 Å². The number of nitrogens with zero attached hydrogens (tertiary/aromatic N) is 4. The maximum Gasteiger partial charge on any atom is 0.303 e. The largest absolute Gasteiger partial charge is 0.455 e. The Labute approximate surface area is 195 Å². The zero-order valence-electron chi connectivity index (χ0n) is 19.2. The van der Waals surface area contributed by atoms with Crippen molar-refractivity contribution < 1.29 is 28.6 Å². The third-order valence-electron chi connectivity index (χ3n) is 5.77. The van der Waals surface area contributed by atoms with Crippen LogP contribution in [0.3, 0.4) is 0 Å². The van der Waals surface area contributed by atoms with Crippen LogP contribution >= 0.6 is 0 Å². The SMILES string of the molecule is CC[C@@]1(C)O[C@@H](n2cnc3c(NC(=O)c4ccccc4)ncnc32)[C@@H](OC(C)=O)C1OC(C)=O. The number of esters is 2. The number of anilines is 1. The van der Waals surface area contributed by atoms with Crippen LogP contribution in [0, 0.1) is 0 Å². The average Bonchev–Trinajstić information content (AvgIpc) is 3.35. The second kappa shape index (κ2) is 9.18. The minimum atomic E-state index is -0.943. The molecule has 178 valence electrons. The number of hydrogen-bond acceptors (Lipinski definition) is 9. The number of fused-ring (bicyclic) bond motifs is 1. The number of aromatic nitrogens is 4. The number of nitrogens with one attached hydrogen (secondary N) is 1. The molecule has 1 unspecified atom stereocenters. The Bertz CT molecular complexity index is 1230. The summed E-state index contributed by atoms with van der Waals surface area (Å²) in [5.74, 6) is -1.20. The van der Waals surface area contributed by atoms with E-state index in [1.165, 1.54) is 26.5 Å². The third-order valence-corrected chi connectivity index (χ3v) is 5.77. The van der Waals surface area contributed by atoms with Gasteiger partial charge in [-0.25, -0.2) is 15.0 Å². The molecule has 2 aromatic heterocycles. The molecule has 3 aromatic rings. The van der Waals surface area contributed by atoms with Gasteiger partial charge in [-0.1, -0.05) is 25.1 Å². The lowest BCUT2D eigenvalue weighted by Crippen LogP contribution is -2.44. The molecule has 1 amide bonds. The molecule has 0 aliphatic carbocycles. The fourth-order valence-corrected chi connectivity index (χ4v) is 3.99. The molecular weight excluding hydrogens is 442 g/mol. The van der Waals surface area contributed by atoms with Crippen LogP contribution in [-0.4, -0.2) is 55.2 Å². The Balaban J connectivity index is 1.72. The number of rotatable bonds is 6. The van der Waals surface area contributed by atoms with Crippen LogP contribution in [0.5, 0.6) is 0 Å². The summed E-state index contributed by atoms with van der Waals surface area (Å²) in [5.41, 5.74) is 0.212. The van der Waals surface area contributed by atoms with Crippen LogP contribution in [0.4, 0.5) is 5.82 Å². The average molecular weight is 467 g/mol. The number of benzene rings is 1. The number of imidazole rings is 1. The van der Waals surface area contributed by atoms with E-state index in [4.69, 9.17) is 14.2 Å². The fourth-order valence-electron chi connectivity index (χ4n) is 3.99. The molecule has 11 heteroatoms. The van der Waals surface area contributed by atoms with Crippen molar-refractivity contribution in [1.82, 2.24) is 19.5 Å². The minimum absolute atomic E-state index is 0.217. The lowest BCUT2D eigenvalue weighted by atomic mass is 9.94. The van der Waals surface area contributed by atoms with Gasteiger partial charge in [0.1, 0.15) is 11.9 Å². The molecular formula is C23H25N5O6. The lowest BCUT2D eigenvalue weighted by Gasteiger charge is -2.29. The second-order valence-electron chi connectivity index (χ2n) is 8.15. The van der Waals surface area contributed by atoms with Crippen molar-refractivity contribution in [3.05, 3.63) is 48.5 Å². The van der Waals surface area contributed by atoms with Crippen LogP contribution < -0.4 is 5.32 Å². The summed E-state index contributed by atoms with van der Waals surface area (Å²) in [6, 6.07) is 8.70. The Morgan fingerprint density at radius 3 is 2.44 bits per heavy atom. The Hall–Kier alpha value is -3.86. The number of hydrogen-bond donors (Lipinski definition) is 1. The molecule has 4 atom stereocenters. The third kappa shape index (κ3) is 4.34. The molecule has 0 bridgehead atoms. The summed E-state index contributed by atoms with van der Waals surface area (Å²) in [5, 5.41) is 2.75. The molecule has 11 nitrogen and oxygen atoms in total. The van der Waals surface area contributed by atoms with Gasteiger partial charge in [0.2, 0.25) is 0 Å². The maximum atomic E-state index is 12.6. The number of carbonyl (C=O) groups is 3. The van der Waals surface area contributed by atoms with Gasteiger partial charge >= 0.3 is 11.9 Å². The molecule has 1 N–H and O–H groups in total. The van der Waals surface area contributed by atoms with Crippen molar-refractivity contribution in [2.45, 2.75) is 58.2 Å². The van der Waals surface area contributed by atoms with Crippen molar-refractivity contribution in [2.24, 2.45) is 0 Å². The highest BCUT2D eigenvalue weighted by Gasteiger charge is 2.56. The summed E-state index contributed by atoms with van der Waals surface area (Å²) < 4.78 is 19.0. The predicted octanol–water partition coefficient (Wildman–Crippen LogP) is 2.64. The minimum Gasteiger partial charge on any atom is -0.455 e. The topological polar surface area (TPSA) is 135 Å². The molecule has 1 fully saturated rings.